The molecule has 1 fully saturated rings. The van der Waals surface area contributed by atoms with E-state index in [9.17, 15) is 13.2 Å². The van der Waals surface area contributed by atoms with E-state index < -0.39 is 9.84 Å². The van der Waals surface area contributed by atoms with Gasteiger partial charge in [-0.05, 0) is 32.1 Å². The number of aliphatic imine (C=N–C) groups is 1. The highest BCUT2D eigenvalue weighted by molar-refractivity contribution is 14.0. The van der Waals surface area contributed by atoms with Crippen LogP contribution in [-0.2, 0) is 14.6 Å². The van der Waals surface area contributed by atoms with E-state index in [1.165, 1.54) is 0 Å². The van der Waals surface area contributed by atoms with Crippen LogP contribution in [0.4, 0.5) is 0 Å². The van der Waals surface area contributed by atoms with Gasteiger partial charge in [0.1, 0.15) is 0 Å². The highest BCUT2D eigenvalue weighted by Gasteiger charge is 2.28. The van der Waals surface area contributed by atoms with Gasteiger partial charge in [-0.15, -0.1) is 24.0 Å². The van der Waals surface area contributed by atoms with E-state index in [0.29, 0.717) is 25.3 Å². The van der Waals surface area contributed by atoms with Gasteiger partial charge in [-0.25, -0.2) is 8.42 Å². The number of carbonyl (C=O) groups excluding carboxylic acids is 1. The lowest BCUT2D eigenvalue weighted by atomic mass is 10.1. The van der Waals surface area contributed by atoms with Crippen molar-refractivity contribution < 1.29 is 13.2 Å². The lowest BCUT2D eigenvalue weighted by Crippen LogP contribution is -2.41. The fourth-order valence-corrected chi connectivity index (χ4v) is 4.21. The van der Waals surface area contributed by atoms with Crippen LogP contribution in [0.3, 0.4) is 0 Å². The minimum atomic E-state index is -2.96. The van der Waals surface area contributed by atoms with Crippen LogP contribution in [0.1, 0.15) is 46.5 Å². The molecular formula is C16H33IN4O3S. The smallest absolute Gasteiger partial charge is 0.222 e. The monoisotopic (exact) mass is 488 g/mol. The van der Waals surface area contributed by atoms with E-state index in [4.69, 9.17) is 0 Å². The normalized spacial score (nSPS) is 19.4. The minimum Gasteiger partial charge on any atom is -0.357 e. The Balaban J connectivity index is 0.00000576. The summed E-state index contributed by atoms with van der Waals surface area (Å²) in [5, 5.41) is 9.08. The van der Waals surface area contributed by atoms with Crippen molar-refractivity contribution in [3.05, 3.63) is 0 Å². The fourth-order valence-electron chi connectivity index (χ4n) is 2.54. The topological polar surface area (TPSA) is 99.7 Å². The number of nitrogens with zero attached hydrogens (tertiary/aromatic N) is 1. The van der Waals surface area contributed by atoms with E-state index in [-0.39, 0.29) is 47.4 Å². The molecular weight excluding hydrogens is 455 g/mol. The summed E-state index contributed by atoms with van der Waals surface area (Å²) in [6.07, 6.45) is 3.01. The molecule has 148 valence electrons. The molecule has 1 rings (SSSR count). The molecule has 0 spiro atoms. The van der Waals surface area contributed by atoms with Crippen molar-refractivity contribution in [2.45, 2.75) is 52.5 Å². The van der Waals surface area contributed by atoms with Crippen LogP contribution >= 0.6 is 24.0 Å². The van der Waals surface area contributed by atoms with Crippen molar-refractivity contribution >= 4 is 45.7 Å². The van der Waals surface area contributed by atoms with Crippen LogP contribution in [0.25, 0.3) is 0 Å². The Hall–Kier alpha value is -0.580. The van der Waals surface area contributed by atoms with Gasteiger partial charge >= 0.3 is 0 Å². The van der Waals surface area contributed by atoms with Crippen LogP contribution in [0.5, 0.6) is 0 Å². The van der Waals surface area contributed by atoms with Gasteiger partial charge in [-0.3, -0.25) is 9.79 Å². The quantitative estimate of drug-likeness (QED) is 0.197. The van der Waals surface area contributed by atoms with Gasteiger partial charge in [0.2, 0.25) is 5.91 Å². The molecule has 1 aliphatic rings. The SMILES string of the molecule is CCNC(=NCCCC(C)C)NCCC(=O)NC1CCS(=O)(=O)C1.I. The molecule has 7 nitrogen and oxygen atoms in total. The molecule has 1 unspecified atom stereocenters. The molecule has 1 saturated heterocycles. The van der Waals surface area contributed by atoms with Crippen molar-refractivity contribution in [3.8, 4) is 0 Å². The number of halogens is 1. The third kappa shape index (κ3) is 11.6. The number of hydrogen-bond acceptors (Lipinski definition) is 4. The minimum absolute atomic E-state index is 0. The van der Waals surface area contributed by atoms with Gasteiger partial charge in [-0.2, -0.15) is 0 Å². The summed E-state index contributed by atoms with van der Waals surface area (Å²) < 4.78 is 22.8. The maximum atomic E-state index is 11.9. The molecule has 0 aromatic rings. The van der Waals surface area contributed by atoms with Gasteiger partial charge in [0.15, 0.2) is 15.8 Å². The maximum Gasteiger partial charge on any atom is 0.222 e. The molecule has 3 N–H and O–H groups in total. The molecule has 0 aliphatic carbocycles. The Kier molecular flexibility index (Phi) is 12.4. The van der Waals surface area contributed by atoms with Crippen molar-refractivity contribution in [3.63, 3.8) is 0 Å². The Morgan fingerprint density at radius 1 is 1.28 bits per heavy atom. The number of guanidine groups is 1. The summed E-state index contributed by atoms with van der Waals surface area (Å²) in [6.45, 7) is 8.39. The zero-order chi connectivity index (χ0) is 18.0. The van der Waals surface area contributed by atoms with E-state index >= 15 is 0 Å². The summed E-state index contributed by atoms with van der Waals surface area (Å²) >= 11 is 0. The Bertz CT molecular complexity index is 523. The first kappa shape index (κ1) is 24.4. The molecule has 0 aromatic heterocycles. The number of hydrogen-bond donors (Lipinski definition) is 3. The molecule has 25 heavy (non-hydrogen) atoms. The number of sulfone groups is 1. The van der Waals surface area contributed by atoms with Crippen LogP contribution in [0.15, 0.2) is 4.99 Å². The van der Waals surface area contributed by atoms with Gasteiger partial charge in [-0.1, -0.05) is 13.8 Å². The highest BCUT2D eigenvalue weighted by Crippen LogP contribution is 2.11. The summed E-state index contributed by atoms with van der Waals surface area (Å²) in [4.78, 5) is 16.4. The zero-order valence-electron chi connectivity index (χ0n) is 15.5. The molecule has 0 aromatic carbocycles. The fraction of sp³-hybridized carbons (Fsp3) is 0.875. The summed E-state index contributed by atoms with van der Waals surface area (Å²) in [5.74, 6) is 1.51. The number of rotatable bonds is 9. The van der Waals surface area contributed by atoms with Crippen molar-refractivity contribution in [2.24, 2.45) is 10.9 Å². The molecule has 0 bridgehead atoms. The average Bonchev–Trinajstić information content (AvgIpc) is 2.82. The van der Waals surface area contributed by atoms with Gasteiger partial charge in [0.25, 0.3) is 0 Å². The van der Waals surface area contributed by atoms with Crippen LogP contribution in [-0.4, -0.2) is 57.5 Å². The van der Waals surface area contributed by atoms with Crippen molar-refractivity contribution in [2.75, 3.05) is 31.1 Å². The van der Waals surface area contributed by atoms with Gasteiger partial charge in [0.05, 0.1) is 11.5 Å². The number of carbonyl (C=O) groups is 1. The molecule has 1 aliphatic heterocycles. The summed E-state index contributed by atoms with van der Waals surface area (Å²) in [5.41, 5.74) is 0. The Labute approximate surface area is 169 Å². The molecule has 1 heterocycles. The third-order valence-electron chi connectivity index (χ3n) is 3.80. The van der Waals surface area contributed by atoms with E-state index in [1.54, 1.807) is 0 Å². The lowest BCUT2D eigenvalue weighted by molar-refractivity contribution is -0.121. The second kappa shape index (κ2) is 12.7. The molecule has 9 heteroatoms. The molecule has 0 saturated carbocycles. The largest absolute Gasteiger partial charge is 0.357 e. The van der Waals surface area contributed by atoms with Gasteiger partial charge in [0, 0.05) is 32.1 Å². The van der Waals surface area contributed by atoms with Crippen LogP contribution in [0.2, 0.25) is 0 Å². The number of nitrogens with one attached hydrogen (secondary N) is 3. The summed E-state index contributed by atoms with van der Waals surface area (Å²) in [7, 11) is -2.96. The second-order valence-corrected chi connectivity index (χ2v) is 8.87. The standard InChI is InChI=1S/C16H32N4O3S.HI/c1-4-17-16(18-9-5-6-13(2)3)19-10-7-15(21)20-14-8-11-24(22,23)12-14;/h13-14H,4-12H2,1-3H3,(H,20,21)(H2,17,18,19);1H. The van der Waals surface area contributed by atoms with E-state index in [0.717, 1.165) is 31.9 Å². The van der Waals surface area contributed by atoms with Crippen molar-refractivity contribution in [1.82, 2.24) is 16.0 Å². The first-order valence-electron chi connectivity index (χ1n) is 8.84. The molecule has 0 radical (unpaired) electrons. The average molecular weight is 488 g/mol. The Morgan fingerprint density at radius 2 is 2.00 bits per heavy atom. The first-order valence-corrected chi connectivity index (χ1v) is 10.7. The predicted octanol–water partition coefficient (Wildman–Crippen LogP) is 1.29. The maximum absolute atomic E-state index is 11.9. The predicted molar refractivity (Wildman–Crippen MR) is 113 cm³/mol. The van der Waals surface area contributed by atoms with Crippen molar-refractivity contribution in [1.29, 1.82) is 0 Å². The first-order chi connectivity index (χ1) is 11.3. The third-order valence-corrected chi connectivity index (χ3v) is 5.56. The summed E-state index contributed by atoms with van der Waals surface area (Å²) in [6, 6.07) is -0.236. The second-order valence-electron chi connectivity index (χ2n) is 6.64. The van der Waals surface area contributed by atoms with E-state index in [1.807, 2.05) is 6.92 Å². The zero-order valence-corrected chi connectivity index (χ0v) is 18.7. The molecule has 1 atom stereocenters. The number of amides is 1. The molecule has 1 amide bonds. The van der Waals surface area contributed by atoms with Crippen LogP contribution in [0, 0.1) is 5.92 Å². The van der Waals surface area contributed by atoms with Crippen LogP contribution < -0.4 is 16.0 Å². The lowest BCUT2D eigenvalue weighted by Gasteiger charge is -2.13. The highest BCUT2D eigenvalue weighted by atomic mass is 127. The Morgan fingerprint density at radius 3 is 2.56 bits per heavy atom. The van der Waals surface area contributed by atoms with E-state index in [2.05, 4.69) is 34.8 Å². The van der Waals surface area contributed by atoms with Gasteiger partial charge < -0.3 is 16.0 Å².